The topological polar surface area (TPSA) is 67.4 Å². The van der Waals surface area contributed by atoms with Crippen LogP contribution < -0.4 is 15.4 Å². The molecule has 5 nitrogen and oxygen atoms in total. The zero-order valence-electron chi connectivity index (χ0n) is 13.9. The Morgan fingerprint density at radius 1 is 1.22 bits per heavy atom. The number of carbonyl (C=O) groups is 2. The van der Waals surface area contributed by atoms with E-state index < -0.39 is 0 Å². The molecular weight excluding hydrogens is 292 g/mol. The number of ether oxygens (including phenoxy) is 1. The molecule has 2 rings (SSSR count). The van der Waals surface area contributed by atoms with Gasteiger partial charge in [0.1, 0.15) is 5.75 Å². The van der Waals surface area contributed by atoms with Crippen molar-refractivity contribution in [2.45, 2.75) is 26.7 Å². The van der Waals surface area contributed by atoms with E-state index in [9.17, 15) is 9.59 Å². The monoisotopic (exact) mass is 316 g/mol. The van der Waals surface area contributed by atoms with E-state index in [1.165, 1.54) is 0 Å². The molecule has 0 aliphatic carbocycles. The fraction of sp³-hybridized carbons (Fsp3) is 0.333. The van der Waals surface area contributed by atoms with Gasteiger partial charge in [-0.3, -0.25) is 9.59 Å². The summed E-state index contributed by atoms with van der Waals surface area (Å²) in [6.45, 7) is 4.67. The van der Waals surface area contributed by atoms with Crippen molar-refractivity contribution < 1.29 is 14.3 Å². The molecule has 0 aromatic heterocycles. The van der Waals surface area contributed by atoms with Crippen molar-refractivity contribution in [2.75, 3.05) is 19.0 Å². The number of benzene rings is 2. The van der Waals surface area contributed by atoms with Gasteiger partial charge in [-0.15, -0.1) is 0 Å². The van der Waals surface area contributed by atoms with Gasteiger partial charge in [0.15, 0.2) is 0 Å². The number of nitrogens with one attached hydrogen (secondary N) is 2. The van der Waals surface area contributed by atoms with Crippen molar-refractivity contribution in [3.8, 4) is 5.75 Å². The zero-order chi connectivity index (χ0) is 17.1. The molecule has 0 fully saturated rings. The molecule has 0 bridgehead atoms. The van der Waals surface area contributed by atoms with Crippen LogP contribution in [0.4, 0.5) is 5.69 Å². The van der Waals surface area contributed by atoms with Crippen LogP contribution in [0, 0.1) is 0 Å². The molecule has 2 N–H and O–H groups in total. The minimum absolute atomic E-state index is 0.162. The molecule has 0 aliphatic heterocycles. The van der Waals surface area contributed by atoms with Gasteiger partial charge in [0, 0.05) is 30.1 Å². The van der Waals surface area contributed by atoms with Gasteiger partial charge in [0.2, 0.25) is 12.3 Å². The van der Waals surface area contributed by atoms with Crippen molar-refractivity contribution >= 4 is 28.8 Å². The van der Waals surface area contributed by atoms with E-state index in [2.05, 4.69) is 10.6 Å². The second-order valence-electron chi connectivity index (χ2n) is 4.87. The highest BCUT2D eigenvalue weighted by Gasteiger charge is 2.02. The molecule has 2 aromatic carbocycles. The Morgan fingerprint density at radius 2 is 1.96 bits per heavy atom. The van der Waals surface area contributed by atoms with E-state index in [0.717, 1.165) is 35.2 Å². The zero-order valence-corrected chi connectivity index (χ0v) is 13.9. The van der Waals surface area contributed by atoms with Crippen LogP contribution in [0.5, 0.6) is 5.75 Å². The van der Waals surface area contributed by atoms with Gasteiger partial charge in [0.25, 0.3) is 0 Å². The lowest BCUT2D eigenvalue weighted by molar-refractivity contribution is -0.121. The summed E-state index contributed by atoms with van der Waals surface area (Å²) in [5, 5.41) is 7.40. The van der Waals surface area contributed by atoms with E-state index >= 15 is 0 Å². The molecule has 0 spiro atoms. The SMILES string of the molecule is CCCC(=O)NCC.COc1cc(NC=O)cc2ccccc12. The smallest absolute Gasteiger partial charge is 0.219 e. The lowest BCUT2D eigenvalue weighted by atomic mass is 10.1. The van der Waals surface area contributed by atoms with E-state index in [-0.39, 0.29) is 5.91 Å². The Bertz CT molecular complexity index is 633. The van der Waals surface area contributed by atoms with Gasteiger partial charge in [0.05, 0.1) is 7.11 Å². The minimum Gasteiger partial charge on any atom is -0.496 e. The Hall–Kier alpha value is -2.56. The molecular formula is C18H24N2O3. The van der Waals surface area contributed by atoms with E-state index in [1.807, 2.05) is 44.2 Å². The van der Waals surface area contributed by atoms with Crippen LogP contribution in [0.3, 0.4) is 0 Å². The van der Waals surface area contributed by atoms with Crippen LogP contribution in [0.1, 0.15) is 26.7 Å². The van der Waals surface area contributed by atoms with Gasteiger partial charge >= 0.3 is 0 Å². The summed E-state index contributed by atoms with van der Waals surface area (Å²) in [5.74, 6) is 0.924. The van der Waals surface area contributed by atoms with Crippen LogP contribution in [0.25, 0.3) is 10.8 Å². The molecule has 0 heterocycles. The standard InChI is InChI=1S/C12H11NO2.C6H13NO/c1-15-12-7-10(13-8-14)6-9-4-2-3-5-11(9)12;1-3-5-6(8)7-4-2/h2-8H,1H3,(H,13,14);3-5H2,1-2H3,(H,7,8). The number of fused-ring (bicyclic) bond motifs is 1. The summed E-state index contributed by atoms with van der Waals surface area (Å²) in [6.07, 6.45) is 2.25. The highest BCUT2D eigenvalue weighted by Crippen LogP contribution is 2.29. The molecule has 5 heteroatoms. The summed E-state index contributed by atoms with van der Waals surface area (Å²) in [4.78, 5) is 20.9. The normalized spacial score (nSPS) is 9.52. The molecule has 124 valence electrons. The molecule has 2 aromatic rings. The number of hydrogen-bond donors (Lipinski definition) is 2. The summed E-state index contributed by atoms with van der Waals surface area (Å²) in [6, 6.07) is 11.6. The maximum absolute atomic E-state index is 10.5. The fourth-order valence-electron chi connectivity index (χ4n) is 2.11. The lowest BCUT2D eigenvalue weighted by Crippen LogP contribution is -2.21. The first kappa shape index (κ1) is 18.5. The Morgan fingerprint density at radius 3 is 2.57 bits per heavy atom. The van der Waals surface area contributed by atoms with Crippen molar-refractivity contribution in [1.82, 2.24) is 5.32 Å². The van der Waals surface area contributed by atoms with Gasteiger partial charge < -0.3 is 15.4 Å². The third-order valence-electron chi connectivity index (χ3n) is 3.12. The highest BCUT2D eigenvalue weighted by molar-refractivity contribution is 5.93. The third kappa shape index (κ3) is 5.98. The average Bonchev–Trinajstić information content (AvgIpc) is 2.55. The second-order valence-corrected chi connectivity index (χ2v) is 4.87. The highest BCUT2D eigenvalue weighted by atomic mass is 16.5. The number of amides is 2. The molecule has 2 amide bonds. The first-order valence-electron chi connectivity index (χ1n) is 7.69. The molecule has 0 saturated heterocycles. The summed E-state index contributed by atoms with van der Waals surface area (Å²) < 4.78 is 5.26. The van der Waals surface area contributed by atoms with E-state index in [0.29, 0.717) is 12.8 Å². The van der Waals surface area contributed by atoms with E-state index in [4.69, 9.17) is 4.74 Å². The summed E-state index contributed by atoms with van der Waals surface area (Å²) in [7, 11) is 1.62. The first-order valence-corrected chi connectivity index (χ1v) is 7.69. The summed E-state index contributed by atoms with van der Waals surface area (Å²) >= 11 is 0. The molecule has 0 aliphatic rings. The molecule has 0 saturated carbocycles. The summed E-state index contributed by atoms with van der Waals surface area (Å²) in [5.41, 5.74) is 0.737. The quantitative estimate of drug-likeness (QED) is 0.803. The number of hydrogen-bond acceptors (Lipinski definition) is 3. The predicted octanol–water partition coefficient (Wildman–Crippen LogP) is 3.34. The Labute approximate surface area is 137 Å². The van der Waals surface area contributed by atoms with Crippen molar-refractivity contribution in [1.29, 1.82) is 0 Å². The maximum atomic E-state index is 10.5. The number of carbonyl (C=O) groups excluding carboxylic acids is 2. The van der Waals surface area contributed by atoms with Crippen LogP contribution in [0.2, 0.25) is 0 Å². The second kappa shape index (κ2) is 10.2. The number of anilines is 1. The van der Waals surface area contributed by atoms with Crippen LogP contribution in [-0.2, 0) is 9.59 Å². The van der Waals surface area contributed by atoms with Crippen LogP contribution >= 0.6 is 0 Å². The molecule has 0 unspecified atom stereocenters. The largest absolute Gasteiger partial charge is 0.496 e. The van der Waals surface area contributed by atoms with Crippen LogP contribution in [-0.4, -0.2) is 26.0 Å². The molecule has 0 radical (unpaired) electrons. The molecule has 0 atom stereocenters. The third-order valence-corrected chi connectivity index (χ3v) is 3.12. The van der Waals surface area contributed by atoms with Crippen LogP contribution in [0.15, 0.2) is 36.4 Å². The Kier molecular flexibility index (Phi) is 8.21. The fourth-order valence-corrected chi connectivity index (χ4v) is 2.11. The number of methoxy groups -OCH3 is 1. The van der Waals surface area contributed by atoms with Crippen molar-refractivity contribution in [3.05, 3.63) is 36.4 Å². The maximum Gasteiger partial charge on any atom is 0.219 e. The first-order chi connectivity index (χ1) is 11.2. The van der Waals surface area contributed by atoms with E-state index in [1.54, 1.807) is 13.2 Å². The van der Waals surface area contributed by atoms with Crippen molar-refractivity contribution in [2.24, 2.45) is 0 Å². The van der Waals surface area contributed by atoms with Crippen molar-refractivity contribution in [3.63, 3.8) is 0 Å². The van der Waals surface area contributed by atoms with Gasteiger partial charge in [-0.2, -0.15) is 0 Å². The molecule has 23 heavy (non-hydrogen) atoms. The average molecular weight is 316 g/mol. The Balaban J connectivity index is 0.000000284. The van der Waals surface area contributed by atoms with Gasteiger partial charge in [-0.1, -0.05) is 31.2 Å². The van der Waals surface area contributed by atoms with Gasteiger partial charge in [-0.05, 0) is 24.8 Å². The minimum atomic E-state index is 0.162. The predicted molar refractivity (Wildman–Crippen MR) is 93.8 cm³/mol. The lowest BCUT2D eigenvalue weighted by Gasteiger charge is -2.08. The van der Waals surface area contributed by atoms with Gasteiger partial charge in [-0.25, -0.2) is 0 Å². The number of rotatable bonds is 6.